The Kier molecular flexibility index (Phi) is 5.21. The minimum Gasteiger partial charge on any atom is -0.441 e. The summed E-state index contributed by atoms with van der Waals surface area (Å²) in [6.45, 7) is 0.759. The lowest BCUT2D eigenvalue weighted by atomic mass is 10.2. The molecule has 0 radical (unpaired) electrons. The second-order valence-corrected chi connectivity index (χ2v) is 7.50. The van der Waals surface area contributed by atoms with Gasteiger partial charge in [-0.15, -0.1) is 0 Å². The second-order valence-electron chi connectivity index (χ2n) is 7.50. The first-order chi connectivity index (χ1) is 15.2. The number of H-pyrrole nitrogens is 1. The number of ether oxygens (including phenoxy) is 1. The van der Waals surface area contributed by atoms with Crippen LogP contribution in [0.3, 0.4) is 0 Å². The van der Waals surface area contributed by atoms with Crippen LogP contribution >= 0.6 is 0 Å². The van der Waals surface area contributed by atoms with Gasteiger partial charge in [0.2, 0.25) is 5.91 Å². The predicted molar refractivity (Wildman–Crippen MR) is 113 cm³/mol. The summed E-state index contributed by atoms with van der Waals surface area (Å²) in [4.78, 5) is 24.4. The van der Waals surface area contributed by atoms with Gasteiger partial charge in [-0.2, -0.15) is 0 Å². The molecule has 0 spiro atoms. The van der Waals surface area contributed by atoms with Gasteiger partial charge in [-0.05, 0) is 43.2 Å². The molecule has 31 heavy (non-hydrogen) atoms. The van der Waals surface area contributed by atoms with Crippen LogP contribution < -0.4 is 5.32 Å². The fourth-order valence-electron chi connectivity index (χ4n) is 3.71. The summed E-state index contributed by atoms with van der Waals surface area (Å²) in [6, 6.07) is 11.9. The quantitative estimate of drug-likeness (QED) is 0.468. The molecule has 0 bridgehead atoms. The first-order valence-corrected chi connectivity index (χ1v) is 10.3. The largest absolute Gasteiger partial charge is 0.441 e. The highest BCUT2D eigenvalue weighted by Gasteiger charge is 2.21. The third-order valence-electron chi connectivity index (χ3n) is 5.28. The van der Waals surface area contributed by atoms with Crippen LogP contribution in [0.25, 0.3) is 22.4 Å². The molecule has 2 N–H and O–H groups in total. The zero-order valence-corrected chi connectivity index (χ0v) is 16.7. The van der Waals surface area contributed by atoms with E-state index in [0.29, 0.717) is 29.3 Å². The molecule has 0 saturated carbocycles. The van der Waals surface area contributed by atoms with Crippen molar-refractivity contribution in [3.05, 3.63) is 66.2 Å². The third kappa shape index (κ3) is 4.20. The van der Waals surface area contributed by atoms with Crippen LogP contribution in [0.15, 0.2) is 53.1 Å². The van der Waals surface area contributed by atoms with Gasteiger partial charge < -0.3 is 19.5 Å². The summed E-state index contributed by atoms with van der Waals surface area (Å²) < 4.78 is 25.2. The Balaban J connectivity index is 1.21. The number of benzene rings is 2. The molecule has 0 aliphatic carbocycles. The molecule has 7 nitrogen and oxygen atoms in total. The Hall–Kier alpha value is -3.52. The molecule has 1 aliphatic heterocycles. The van der Waals surface area contributed by atoms with Crippen LogP contribution in [0.2, 0.25) is 0 Å². The number of aromatic nitrogens is 3. The number of rotatable bonds is 6. The van der Waals surface area contributed by atoms with Gasteiger partial charge in [-0.25, -0.2) is 14.4 Å². The van der Waals surface area contributed by atoms with Crippen LogP contribution in [-0.2, 0) is 16.0 Å². The van der Waals surface area contributed by atoms with Gasteiger partial charge >= 0.3 is 0 Å². The topological polar surface area (TPSA) is 93.0 Å². The van der Waals surface area contributed by atoms with Gasteiger partial charge in [0.05, 0.1) is 22.8 Å². The highest BCUT2D eigenvalue weighted by atomic mass is 19.1. The zero-order chi connectivity index (χ0) is 21.2. The monoisotopic (exact) mass is 420 g/mol. The zero-order valence-electron chi connectivity index (χ0n) is 16.7. The molecular formula is C23H21FN4O3. The van der Waals surface area contributed by atoms with Gasteiger partial charge in [0.25, 0.3) is 0 Å². The third-order valence-corrected chi connectivity index (χ3v) is 5.28. The normalized spacial score (nSPS) is 16.1. The molecule has 3 heterocycles. The maximum Gasteiger partial charge on any atom is 0.224 e. The van der Waals surface area contributed by atoms with Crippen molar-refractivity contribution in [3.63, 3.8) is 0 Å². The van der Waals surface area contributed by atoms with Crippen molar-refractivity contribution in [1.82, 2.24) is 15.0 Å². The molecule has 1 fully saturated rings. The van der Waals surface area contributed by atoms with Gasteiger partial charge in [-0.1, -0.05) is 12.1 Å². The molecule has 8 heteroatoms. The van der Waals surface area contributed by atoms with Crippen molar-refractivity contribution in [3.8, 4) is 11.3 Å². The van der Waals surface area contributed by atoms with Crippen LogP contribution in [-0.4, -0.2) is 27.5 Å². The predicted octanol–water partition coefficient (Wildman–Crippen LogP) is 4.78. The Morgan fingerprint density at radius 2 is 2.16 bits per heavy atom. The van der Waals surface area contributed by atoms with E-state index in [1.165, 1.54) is 12.3 Å². The molecule has 1 saturated heterocycles. The molecule has 158 valence electrons. The van der Waals surface area contributed by atoms with E-state index >= 15 is 0 Å². The number of hydrogen-bond acceptors (Lipinski definition) is 5. The molecule has 2 aromatic carbocycles. The standard InChI is InChI=1S/C23H21FN4O3/c24-16-5-2-1-4-15(16)20-13-25-22(31-20)10-9-21(29)26-14-7-8-17-18(12-14)28-23(27-17)19-6-3-11-30-19/h1-2,4-5,7-8,12-13,19H,3,6,9-11H2,(H,26,29)(H,27,28). The van der Waals surface area contributed by atoms with E-state index in [2.05, 4.69) is 20.3 Å². The first kappa shape index (κ1) is 19.4. The highest BCUT2D eigenvalue weighted by molar-refractivity contribution is 5.93. The summed E-state index contributed by atoms with van der Waals surface area (Å²) >= 11 is 0. The van der Waals surface area contributed by atoms with Crippen LogP contribution in [0.5, 0.6) is 0 Å². The molecule has 1 aliphatic rings. The average Bonchev–Trinajstić information content (AvgIpc) is 3.52. The molecule has 4 aromatic rings. The number of anilines is 1. The maximum absolute atomic E-state index is 13.9. The average molecular weight is 420 g/mol. The van der Waals surface area contributed by atoms with E-state index in [-0.39, 0.29) is 24.2 Å². The summed E-state index contributed by atoms with van der Waals surface area (Å²) in [7, 11) is 0. The molecule has 1 atom stereocenters. The highest BCUT2D eigenvalue weighted by Crippen LogP contribution is 2.29. The van der Waals surface area contributed by atoms with Gasteiger partial charge in [0.15, 0.2) is 11.7 Å². The lowest BCUT2D eigenvalue weighted by molar-refractivity contribution is -0.116. The number of aromatic amines is 1. The van der Waals surface area contributed by atoms with Crippen molar-refractivity contribution < 1.29 is 18.3 Å². The van der Waals surface area contributed by atoms with E-state index in [9.17, 15) is 9.18 Å². The number of carbonyl (C=O) groups excluding carboxylic acids is 1. The van der Waals surface area contributed by atoms with Crippen LogP contribution in [0.1, 0.15) is 37.1 Å². The van der Waals surface area contributed by atoms with E-state index in [0.717, 1.165) is 36.3 Å². The van der Waals surface area contributed by atoms with Crippen molar-refractivity contribution in [2.75, 3.05) is 11.9 Å². The summed E-state index contributed by atoms with van der Waals surface area (Å²) in [6.07, 6.45) is 4.00. The lowest BCUT2D eigenvalue weighted by Crippen LogP contribution is -2.12. The summed E-state index contributed by atoms with van der Waals surface area (Å²) in [5.74, 6) is 1.02. The molecule has 5 rings (SSSR count). The molecule has 1 amide bonds. The Morgan fingerprint density at radius 3 is 3.00 bits per heavy atom. The van der Waals surface area contributed by atoms with Crippen molar-refractivity contribution >= 4 is 22.6 Å². The number of halogens is 1. The van der Waals surface area contributed by atoms with Crippen molar-refractivity contribution in [2.24, 2.45) is 0 Å². The number of fused-ring (bicyclic) bond motifs is 1. The lowest BCUT2D eigenvalue weighted by Gasteiger charge is -2.04. The Labute approximate surface area is 177 Å². The smallest absolute Gasteiger partial charge is 0.224 e. The van der Waals surface area contributed by atoms with Crippen LogP contribution in [0.4, 0.5) is 10.1 Å². The summed E-state index contributed by atoms with van der Waals surface area (Å²) in [5, 5.41) is 2.88. The SMILES string of the molecule is O=C(CCc1ncc(-c2ccccc2F)o1)Nc1ccc2nc(C3CCCO3)[nH]c2c1. The van der Waals surface area contributed by atoms with E-state index < -0.39 is 0 Å². The van der Waals surface area contributed by atoms with Crippen molar-refractivity contribution in [2.45, 2.75) is 31.8 Å². The first-order valence-electron chi connectivity index (χ1n) is 10.3. The van der Waals surface area contributed by atoms with Crippen LogP contribution in [0, 0.1) is 5.82 Å². The van der Waals surface area contributed by atoms with Gasteiger partial charge in [0, 0.05) is 25.1 Å². The van der Waals surface area contributed by atoms with E-state index in [4.69, 9.17) is 9.15 Å². The fourth-order valence-corrected chi connectivity index (χ4v) is 3.71. The number of imidazole rings is 1. The fraction of sp³-hybridized carbons (Fsp3) is 0.261. The van der Waals surface area contributed by atoms with Gasteiger partial charge in [0.1, 0.15) is 17.7 Å². The Morgan fingerprint density at radius 1 is 1.26 bits per heavy atom. The number of hydrogen-bond donors (Lipinski definition) is 2. The maximum atomic E-state index is 13.9. The Bertz CT molecular complexity index is 1230. The number of aryl methyl sites for hydroxylation is 1. The molecule has 1 unspecified atom stereocenters. The van der Waals surface area contributed by atoms with Crippen molar-refractivity contribution in [1.29, 1.82) is 0 Å². The number of oxazole rings is 1. The second kappa shape index (κ2) is 8.31. The molecular weight excluding hydrogens is 399 g/mol. The molecule has 2 aromatic heterocycles. The number of nitrogens with one attached hydrogen (secondary N) is 2. The number of amides is 1. The number of carbonyl (C=O) groups is 1. The van der Waals surface area contributed by atoms with E-state index in [1.54, 1.807) is 18.2 Å². The van der Waals surface area contributed by atoms with E-state index in [1.807, 2.05) is 18.2 Å². The minimum absolute atomic E-state index is 0.0143. The minimum atomic E-state index is -0.375. The summed E-state index contributed by atoms with van der Waals surface area (Å²) in [5.41, 5.74) is 2.72. The van der Waals surface area contributed by atoms with Gasteiger partial charge in [-0.3, -0.25) is 4.79 Å². The number of nitrogens with zero attached hydrogens (tertiary/aromatic N) is 2.